The zero-order valence-corrected chi connectivity index (χ0v) is 10.1. The van der Waals surface area contributed by atoms with E-state index in [0.29, 0.717) is 16.7 Å². The van der Waals surface area contributed by atoms with Gasteiger partial charge in [0.15, 0.2) is 0 Å². The molecule has 0 spiro atoms. The topological polar surface area (TPSA) is 33.0 Å². The molecular formula is C12H11Cl2NO. The second-order valence-corrected chi connectivity index (χ2v) is 4.74. The smallest absolute Gasteiger partial charge is 0.0984 e. The number of hydrogen-bond donors (Lipinski definition) is 0. The number of ether oxygens (including phenoxy) is 1. The highest BCUT2D eigenvalue weighted by Gasteiger charge is 2.27. The summed E-state index contributed by atoms with van der Waals surface area (Å²) >= 11 is 11.9. The first-order valence-corrected chi connectivity index (χ1v) is 5.93. The van der Waals surface area contributed by atoms with Gasteiger partial charge >= 0.3 is 0 Å². The summed E-state index contributed by atoms with van der Waals surface area (Å²) < 4.78 is 5.64. The summed E-state index contributed by atoms with van der Waals surface area (Å²) in [6, 6.07) is 7.58. The Labute approximate surface area is 105 Å². The van der Waals surface area contributed by atoms with Crippen LogP contribution in [0.3, 0.4) is 0 Å². The van der Waals surface area contributed by atoms with E-state index in [1.54, 1.807) is 6.07 Å². The maximum absolute atomic E-state index is 9.07. The van der Waals surface area contributed by atoms with Crippen molar-refractivity contribution >= 4 is 23.2 Å². The predicted molar refractivity (Wildman–Crippen MR) is 63.5 cm³/mol. The molecule has 0 aliphatic carbocycles. The Balaban J connectivity index is 2.31. The van der Waals surface area contributed by atoms with Gasteiger partial charge in [-0.1, -0.05) is 23.2 Å². The predicted octanol–water partition coefficient (Wildman–Crippen LogP) is 3.98. The van der Waals surface area contributed by atoms with Crippen LogP contribution in [0.1, 0.15) is 24.5 Å². The normalized spacial score (nSPS) is 25.1. The molecule has 1 aliphatic heterocycles. The number of benzene rings is 1. The molecule has 0 aromatic heterocycles. The van der Waals surface area contributed by atoms with E-state index in [4.69, 9.17) is 33.2 Å². The highest BCUT2D eigenvalue weighted by atomic mass is 35.5. The van der Waals surface area contributed by atoms with Crippen LogP contribution >= 0.6 is 23.2 Å². The van der Waals surface area contributed by atoms with E-state index >= 15 is 0 Å². The van der Waals surface area contributed by atoms with Crippen LogP contribution in [-0.2, 0) is 4.74 Å². The molecule has 0 saturated carbocycles. The van der Waals surface area contributed by atoms with Crippen molar-refractivity contribution < 1.29 is 4.74 Å². The average Bonchev–Trinajstić information content (AvgIpc) is 2.27. The molecule has 4 heteroatoms. The summed E-state index contributed by atoms with van der Waals surface area (Å²) in [5.41, 5.74) is 0.892. The van der Waals surface area contributed by atoms with Gasteiger partial charge in [-0.2, -0.15) is 5.26 Å². The first kappa shape index (κ1) is 11.7. The molecule has 1 saturated heterocycles. The Bertz CT molecular complexity index is 407. The van der Waals surface area contributed by atoms with E-state index < -0.39 is 0 Å². The minimum atomic E-state index is -0.199. The molecule has 1 aliphatic rings. The van der Waals surface area contributed by atoms with Crippen LogP contribution in [0, 0.1) is 17.2 Å². The summed E-state index contributed by atoms with van der Waals surface area (Å²) in [5.74, 6) is -0.108. The maximum atomic E-state index is 9.07. The first-order chi connectivity index (χ1) is 7.70. The minimum absolute atomic E-state index is 0.108. The van der Waals surface area contributed by atoms with Crippen molar-refractivity contribution in [3.05, 3.63) is 33.8 Å². The van der Waals surface area contributed by atoms with Crippen LogP contribution in [0.15, 0.2) is 18.2 Å². The van der Waals surface area contributed by atoms with Gasteiger partial charge in [-0.3, -0.25) is 0 Å². The molecule has 1 aromatic carbocycles. The lowest BCUT2D eigenvalue weighted by atomic mass is 9.91. The largest absolute Gasteiger partial charge is 0.372 e. The molecule has 1 aromatic rings. The molecule has 0 bridgehead atoms. The van der Waals surface area contributed by atoms with Gasteiger partial charge < -0.3 is 4.74 Å². The van der Waals surface area contributed by atoms with E-state index in [1.165, 1.54) is 0 Å². The van der Waals surface area contributed by atoms with Gasteiger partial charge in [0.25, 0.3) is 0 Å². The van der Waals surface area contributed by atoms with Gasteiger partial charge in [0.1, 0.15) is 0 Å². The molecule has 16 heavy (non-hydrogen) atoms. The second-order valence-electron chi connectivity index (χ2n) is 3.87. The van der Waals surface area contributed by atoms with E-state index in [1.807, 2.05) is 12.1 Å². The lowest BCUT2D eigenvalue weighted by molar-refractivity contribution is -0.0101. The van der Waals surface area contributed by atoms with Crippen molar-refractivity contribution in [3.63, 3.8) is 0 Å². The number of halogens is 2. The third-order valence-corrected chi connectivity index (χ3v) is 3.14. The van der Waals surface area contributed by atoms with Crippen LogP contribution in [0.25, 0.3) is 0 Å². The van der Waals surface area contributed by atoms with E-state index in [0.717, 1.165) is 18.4 Å². The first-order valence-electron chi connectivity index (χ1n) is 5.18. The van der Waals surface area contributed by atoms with E-state index in [-0.39, 0.29) is 12.0 Å². The van der Waals surface area contributed by atoms with Crippen molar-refractivity contribution in [1.82, 2.24) is 0 Å². The molecule has 84 valence electrons. The molecule has 0 amide bonds. The van der Waals surface area contributed by atoms with Crippen LogP contribution in [0.5, 0.6) is 0 Å². The Hall–Kier alpha value is -0.750. The fourth-order valence-electron chi connectivity index (χ4n) is 1.98. The van der Waals surface area contributed by atoms with Crippen LogP contribution in [0.4, 0.5) is 0 Å². The van der Waals surface area contributed by atoms with Crippen LogP contribution in [0.2, 0.25) is 10.0 Å². The molecule has 0 radical (unpaired) electrons. The highest BCUT2D eigenvalue weighted by Crippen LogP contribution is 2.35. The molecule has 2 atom stereocenters. The molecule has 2 rings (SSSR count). The Morgan fingerprint density at radius 1 is 1.25 bits per heavy atom. The lowest BCUT2D eigenvalue weighted by Crippen LogP contribution is -2.21. The minimum Gasteiger partial charge on any atom is -0.372 e. The fourth-order valence-corrected chi connectivity index (χ4v) is 2.52. The number of hydrogen-bond acceptors (Lipinski definition) is 2. The zero-order chi connectivity index (χ0) is 11.5. The maximum Gasteiger partial charge on any atom is 0.0984 e. The lowest BCUT2D eigenvalue weighted by Gasteiger charge is -2.27. The summed E-state index contributed by atoms with van der Waals surface area (Å²) in [6.45, 7) is 0.687. The van der Waals surface area contributed by atoms with Gasteiger partial charge in [-0.25, -0.2) is 0 Å². The third kappa shape index (κ3) is 2.49. The molecular weight excluding hydrogens is 245 g/mol. The Morgan fingerprint density at radius 3 is 2.56 bits per heavy atom. The Kier molecular flexibility index (Phi) is 3.70. The van der Waals surface area contributed by atoms with Gasteiger partial charge in [-0.05, 0) is 36.6 Å². The van der Waals surface area contributed by atoms with E-state index in [2.05, 4.69) is 6.07 Å². The zero-order valence-electron chi connectivity index (χ0n) is 8.62. The number of nitriles is 1. The summed E-state index contributed by atoms with van der Waals surface area (Å²) in [7, 11) is 0. The molecule has 1 fully saturated rings. The van der Waals surface area contributed by atoms with Gasteiger partial charge in [0.2, 0.25) is 0 Å². The highest BCUT2D eigenvalue weighted by molar-refractivity contribution is 6.34. The summed E-state index contributed by atoms with van der Waals surface area (Å²) in [5, 5.41) is 10.2. The molecule has 1 heterocycles. The van der Waals surface area contributed by atoms with Gasteiger partial charge in [0.05, 0.1) is 18.1 Å². The molecule has 2 unspecified atom stereocenters. The summed E-state index contributed by atoms with van der Waals surface area (Å²) in [4.78, 5) is 0. The standard InChI is InChI=1S/C12H11Cl2NO/c13-10-4-9(5-11(14)6-10)12-8(7-15)2-1-3-16-12/h4-6,8,12H,1-3H2. The van der Waals surface area contributed by atoms with Crippen LogP contribution < -0.4 is 0 Å². The number of rotatable bonds is 1. The number of nitrogens with zero attached hydrogens (tertiary/aromatic N) is 1. The summed E-state index contributed by atoms with van der Waals surface area (Å²) in [6.07, 6.45) is 1.60. The van der Waals surface area contributed by atoms with Crippen molar-refractivity contribution in [2.45, 2.75) is 18.9 Å². The average molecular weight is 256 g/mol. The SMILES string of the molecule is N#CC1CCCOC1c1cc(Cl)cc(Cl)c1. The molecule has 0 N–H and O–H groups in total. The van der Waals surface area contributed by atoms with Crippen LogP contribution in [-0.4, -0.2) is 6.61 Å². The third-order valence-electron chi connectivity index (χ3n) is 2.70. The van der Waals surface area contributed by atoms with Crippen molar-refractivity contribution in [1.29, 1.82) is 5.26 Å². The van der Waals surface area contributed by atoms with Gasteiger partial charge in [0, 0.05) is 16.7 Å². The fraction of sp³-hybridized carbons (Fsp3) is 0.417. The Morgan fingerprint density at radius 2 is 1.94 bits per heavy atom. The van der Waals surface area contributed by atoms with Crippen molar-refractivity contribution in [3.8, 4) is 6.07 Å². The monoisotopic (exact) mass is 255 g/mol. The second kappa shape index (κ2) is 5.05. The molecule has 2 nitrogen and oxygen atoms in total. The van der Waals surface area contributed by atoms with E-state index in [9.17, 15) is 0 Å². The quantitative estimate of drug-likeness (QED) is 0.761. The van der Waals surface area contributed by atoms with Gasteiger partial charge in [-0.15, -0.1) is 0 Å². The van der Waals surface area contributed by atoms with Crippen molar-refractivity contribution in [2.24, 2.45) is 5.92 Å². The van der Waals surface area contributed by atoms with Crippen molar-refractivity contribution in [2.75, 3.05) is 6.61 Å².